The summed E-state index contributed by atoms with van der Waals surface area (Å²) in [5, 5.41) is 0.729. The zero-order chi connectivity index (χ0) is 22.5. The number of hydrogen-bond acceptors (Lipinski definition) is 5. The van der Waals surface area contributed by atoms with E-state index in [4.69, 9.17) is 32.7 Å². The molecule has 7 heteroatoms. The van der Waals surface area contributed by atoms with Gasteiger partial charge in [0.05, 0.1) is 19.0 Å². The second-order valence-electron chi connectivity index (χ2n) is 7.16. The van der Waals surface area contributed by atoms with Gasteiger partial charge >= 0.3 is 5.97 Å². The van der Waals surface area contributed by atoms with Crippen molar-refractivity contribution in [3.8, 4) is 5.75 Å². The molecule has 2 aromatic carbocycles. The van der Waals surface area contributed by atoms with Gasteiger partial charge in [0, 0.05) is 15.8 Å². The molecule has 0 N–H and O–H groups in total. The Balaban J connectivity index is 2.37. The van der Waals surface area contributed by atoms with Gasteiger partial charge in [0.15, 0.2) is 5.78 Å². The van der Waals surface area contributed by atoms with E-state index < -0.39 is 16.6 Å². The first-order valence-corrected chi connectivity index (χ1v) is 11.3. The Morgan fingerprint density at radius 1 is 1.13 bits per heavy atom. The molecule has 0 fully saturated rings. The molecule has 0 saturated carbocycles. The number of esters is 1. The summed E-state index contributed by atoms with van der Waals surface area (Å²) in [7, 11) is 2.89. The van der Waals surface area contributed by atoms with Crippen LogP contribution in [0.2, 0.25) is 10.0 Å². The Labute approximate surface area is 192 Å². The number of rotatable bonds is 9. The SMILES string of the molecule is CCC(C)(SCc1ccc(OC)cc1)C(=O)C(C(=O)OC)c1c(C)cc(Cl)cc1Cl. The first kappa shape index (κ1) is 24.6. The zero-order valence-electron chi connectivity index (χ0n) is 17.8. The predicted octanol–water partition coefficient (Wildman–Crippen LogP) is 6.24. The van der Waals surface area contributed by atoms with Crippen LogP contribution in [0.25, 0.3) is 0 Å². The smallest absolute Gasteiger partial charge is 0.320 e. The summed E-state index contributed by atoms with van der Waals surface area (Å²) in [5.74, 6) is -0.592. The van der Waals surface area contributed by atoms with Crippen molar-refractivity contribution in [2.75, 3.05) is 14.2 Å². The van der Waals surface area contributed by atoms with Crippen molar-refractivity contribution < 1.29 is 19.1 Å². The second kappa shape index (κ2) is 10.6. The molecule has 4 nitrogen and oxygen atoms in total. The number of ketones is 1. The molecule has 0 aliphatic rings. The first-order valence-electron chi connectivity index (χ1n) is 9.51. The van der Waals surface area contributed by atoms with Crippen LogP contribution in [0, 0.1) is 6.92 Å². The van der Waals surface area contributed by atoms with E-state index in [9.17, 15) is 9.59 Å². The number of carbonyl (C=O) groups excluding carboxylic acids is 2. The zero-order valence-corrected chi connectivity index (χ0v) is 20.1. The van der Waals surface area contributed by atoms with Crippen molar-refractivity contribution in [3.05, 3.63) is 63.1 Å². The van der Waals surface area contributed by atoms with Crippen LogP contribution in [0.5, 0.6) is 5.75 Å². The molecule has 0 radical (unpaired) electrons. The third kappa shape index (κ3) is 5.51. The summed E-state index contributed by atoms with van der Waals surface area (Å²) >= 11 is 14.0. The highest BCUT2D eigenvalue weighted by Crippen LogP contribution is 2.41. The Kier molecular flexibility index (Phi) is 8.65. The molecule has 30 heavy (non-hydrogen) atoms. The number of methoxy groups -OCH3 is 2. The van der Waals surface area contributed by atoms with Gasteiger partial charge in [-0.3, -0.25) is 9.59 Å². The Morgan fingerprint density at radius 2 is 1.77 bits per heavy atom. The summed E-state index contributed by atoms with van der Waals surface area (Å²) < 4.78 is 9.36. The third-order valence-electron chi connectivity index (χ3n) is 5.20. The molecule has 162 valence electrons. The Hall–Kier alpha value is -1.69. The predicted molar refractivity (Wildman–Crippen MR) is 124 cm³/mol. The van der Waals surface area contributed by atoms with Crippen LogP contribution in [-0.2, 0) is 20.1 Å². The van der Waals surface area contributed by atoms with E-state index in [1.165, 1.54) is 18.9 Å². The molecule has 0 aromatic heterocycles. The van der Waals surface area contributed by atoms with Crippen LogP contribution in [0.15, 0.2) is 36.4 Å². The fraction of sp³-hybridized carbons (Fsp3) is 0.391. The number of ether oxygens (including phenoxy) is 2. The number of benzene rings is 2. The lowest BCUT2D eigenvalue weighted by molar-refractivity contribution is -0.146. The molecular formula is C23H26Cl2O4S. The van der Waals surface area contributed by atoms with E-state index in [-0.39, 0.29) is 10.8 Å². The van der Waals surface area contributed by atoms with Crippen molar-refractivity contribution in [3.63, 3.8) is 0 Å². The lowest BCUT2D eigenvalue weighted by atomic mass is 9.84. The van der Waals surface area contributed by atoms with Crippen LogP contribution in [-0.4, -0.2) is 30.7 Å². The summed E-state index contributed by atoms with van der Waals surface area (Å²) in [6.45, 7) is 5.58. The van der Waals surface area contributed by atoms with Crippen LogP contribution in [0.4, 0.5) is 0 Å². The first-order chi connectivity index (χ1) is 14.2. The quantitative estimate of drug-likeness (QED) is 0.322. The minimum atomic E-state index is -1.12. The van der Waals surface area contributed by atoms with Crippen molar-refractivity contribution in [2.45, 2.75) is 43.6 Å². The number of thioether (sulfide) groups is 1. The molecule has 0 heterocycles. The topological polar surface area (TPSA) is 52.6 Å². The monoisotopic (exact) mass is 468 g/mol. The van der Waals surface area contributed by atoms with E-state index in [0.717, 1.165) is 11.3 Å². The molecule has 0 aliphatic carbocycles. The molecule has 0 amide bonds. The van der Waals surface area contributed by atoms with Gasteiger partial charge in [-0.15, -0.1) is 11.8 Å². The summed E-state index contributed by atoms with van der Waals surface area (Å²) in [4.78, 5) is 26.4. The maximum absolute atomic E-state index is 13.7. The molecule has 0 aliphatic heterocycles. The highest BCUT2D eigenvalue weighted by atomic mass is 35.5. The van der Waals surface area contributed by atoms with E-state index in [2.05, 4.69) is 0 Å². The van der Waals surface area contributed by atoms with E-state index in [1.54, 1.807) is 26.2 Å². The van der Waals surface area contributed by atoms with E-state index in [0.29, 0.717) is 28.3 Å². The van der Waals surface area contributed by atoms with Crippen LogP contribution in [0.1, 0.15) is 42.9 Å². The van der Waals surface area contributed by atoms with Crippen LogP contribution >= 0.6 is 35.0 Å². The molecule has 2 aromatic rings. The van der Waals surface area contributed by atoms with Gasteiger partial charge in [0.25, 0.3) is 0 Å². The highest BCUT2D eigenvalue weighted by molar-refractivity contribution is 8.00. The Bertz CT molecular complexity index is 891. The largest absolute Gasteiger partial charge is 0.497 e. The molecule has 2 rings (SSSR count). The minimum absolute atomic E-state index is 0.234. The normalized spacial score (nSPS) is 14.0. The maximum atomic E-state index is 13.7. The molecule has 0 bridgehead atoms. The molecule has 2 unspecified atom stereocenters. The highest BCUT2D eigenvalue weighted by Gasteiger charge is 2.43. The number of hydrogen-bond donors (Lipinski definition) is 0. The van der Waals surface area contributed by atoms with Gasteiger partial charge in [-0.2, -0.15) is 0 Å². The molecule has 0 saturated heterocycles. The average Bonchev–Trinajstić information content (AvgIpc) is 2.73. The fourth-order valence-electron chi connectivity index (χ4n) is 3.17. The molecule has 0 spiro atoms. The van der Waals surface area contributed by atoms with E-state index >= 15 is 0 Å². The van der Waals surface area contributed by atoms with Gasteiger partial charge < -0.3 is 9.47 Å². The minimum Gasteiger partial charge on any atom is -0.497 e. The van der Waals surface area contributed by atoms with Gasteiger partial charge in [-0.25, -0.2) is 0 Å². The van der Waals surface area contributed by atoms with Gasteiger partial charge in [0.2, 0.25) is 0 Å². The maximum Gasteiger partial charge on any atom is 0.320 e. The summed E-state index contributed by atoms with van der Waals surface area (Å²) in [5.41, 5.74) is 2.18. The van der Waals surface area contributed by atoms with Crippen molar-refractivity contribution in [1.29, 1.82) is 0 Å². The van der Waals surface area contributed by atoms with Crippen LogP contribution < -0.4 is 4.74 Å². The summed E-state index contributed by atoms with van der Waals surface area (Å²) in [6.07, 6.45) is 0.546. The van der Waals surface area contributed by atoms with Crippen molar-refractivity contribution in [1.82, 2.24) is 0 Å². The second-order valence-corrected chi connectivity index (χ2v) is 9.48. The number of aryl methyl sites for hydroxylation is 1. The lowest BCUT2D eigenvalue weighted by Crippen LogP contribution is -2.39. The molecular weight excluding hydrogens is 443 g/mol. The van der Waals surface area contributed by atoms with Crippen molar-refractivity contribution in [2.24, 2.45) is 0 Å². The number of carbonyl (C=O) groups is 2. The molecule has 2 atom stereocenters. The number of Topliss-reactive ketones (excluding diaryl/α,β-unsaturated/α-hetero) is 1. The number of halogens is 2. The fourth-order valence-corrected chi connectivity index (χ4v) is 5.02. The van der Waals surface area contributed by atoms with Gasteiger partial charge in [-0.05, 0) is 61.2 Å². The third-order valence-corrected chi connectivity index (χ3v) is 7.34. The lowest BCUT2D eigenvalue weighted by Gasteiger charge is -2.30. The summed E-state index contributed by atoms with van der Waals surface area (Å²) in [6, 6.07) is 10.9. The van der Waals surface area contributed by atoms with Crippen LogP contribution in [0.3, 0.4) is 0 Å². The Morgan fingerprint density at radius 3 is 2.27 bits per heavy atom. The van der Waals surface area contributed by atoms with Crippen molar-refractivity contribution >= 4 is 46.7 Å². The van der Waals surface area contributed by atoms with E-state index in [1.807, 2.05) is 38.1 Å². The average molecular weight is 469 g/mol. The standard InChI is InChI=1S/C23H26Cl2O4S/c1-6-23(3,30-13-15-7-9-17(28-4)10-8-15)21(26)20(22(27)29-5)19-14(2)11-16(24)12-18(19)25/h7-12,20H,6,13H2,1-5H3. The van der Waals surface area contributed by atoms with Gasteiger partial charge in [0.1, 0.15) is 11.7 Å². The van der Waals surface area contributed by atoms with Gasteiger partial charge in [-0.1, -0.05) is 42.3 Å².